The van der Waals surface area contributed by atoms with Crippen LogP contribution in [-0.2, 0) is 0 Å². The van der Waals surface area contributed by atoms with Crippen LogP contribution in [0.5, 0.6) is 0 Å². The third-order valence-corrected chi connectivity index (χ3v) is 3.05. The van der Waals surface area contributed by atoms with E-state index in [4.69, 9.17) is 22.0 Å². The monoisotopic (exact) mass is 236 g/mol. The summed E-state index contributed by atoms with van der Waals surface area (Å²) in [4.78, 5) is 2.15. The summed E-state index contributed by atoms with van der Waals surface area (Å²) < 4.78 is 0. The van der Waals surface area contributed by atoms with Crippen molar-refractivity contribution in [1.82, 2.24) is 0 Å². The molecule has 2 rings (SSSR count). The first-order valence-corrected chi connectivity index (χ1v) is 5.71. The number of aliphatic hydroxyl groups excluding tert-OH is 1. The minimum absolute atomic E-state index is 0.133. The average Bonchev–Trinajstić information content (AvgIpc) is 3.09. The lowest BCUT2D eigenvalue weighted by molar-refractivity contribution is 0.301. The molecule has 0 saturated heterocycles. The first-order chi connectivity index (χ1) is 7.76. The maximum Gasteiger partial charge on any atom is 0.101 e. The second-order valence-electron chi connectivity index (χ2n) is 3.92. The molecule has 0 spiro atoms. The summed E-state index contributed by atoms with van der Waals surface area (Å²) in [5.41, 5.74) is 1.48. The second-order valence-corrected chi connectivity index (χ2v) is 4.33. The van der Waals surface area contributed by atoms with E-state index in [9.17, 15) is 0 Å². The fourth-order valence-electron chi connectivity index (χ4n) is 1.79. The summed E-state index contributed by atoms with van der Waals surface area (Å²) in [5.74, 6) is 0. The van der Waals surface area contributed by atoms with Gasteiger partial charge in [0, 0.05) is 18.3 Å². The zero-order valence-electron chi connectivity index (χ0n) is 8.86. The molecule has 0 radical (unpaired) electrons. The zero-order valence-corrected chi connectivity index (χ0v) is 9.61. The summed E-state index contributed by atoms with van der Waals surface area (Å²) in [6, 6.07) is 7.98. The molecular weight excluding hydrogens is 224 g/mol. The van der Waals surface area contributed by atoms with Gasteiger partial charge in [-0.25, -0.2) is 0 Å². The molecule has 4 heteroatoms. The van der Waals surface area contributed by atoms with Crippen LogP contribution in [-0.4, -0.2) is 24.3 Å². The smallest absolute Gasteiger partial charge is 0.101 e. The molecule has 1 saturated carbocycles. The van der Waals surface area contributed by atoms with Gasteiger partial charge >= 0.3 is 0 Å². The molecule has 84 valence electrons. The highest BCUT2D eigenvalue weighted by atomic mass is 35.5. The molecule has 1 aliphatic carbocycles. The molecule has 0 bridgehead atoms. The number of hydrogen-bond donors (Lipinski definition) is 1. The van der Waals surface area contributed by atoms with Crippen LogP contribution in [0.2, 0.25) is 5.02 Å². The van der Waals surface area contributed by atoms with Crippen molar-refractivity contribution in [2.45, 2.75) is 18.9 Å². The number of nitriles is 1. The lowest BCUT2D eigenvalue weighted by Gasteiger charge is -2.23. The topological polar surface area (TPSA) is 47.3 Å². The van der Waals surface area contributed by atoms with Gasteiger partial charge in [-0.15, -0.1) is 0 Å². The Kier molecular flexibility index (Phi) is 3.33. The second kappa shape index (κ2) is 4.73. The molecule has 0 heterocycles. The van der Waals surface area contributed by atoms with Crippen LogP contribution in [0, 0.1) is 11.3 Å². The molecular formula is C12H13ClN2O. The fraction of sp³-hybridized carbons (Fsp3) is 0.417. The van der Waals surface area contributed by atoms with Crippen LogP contribution < -0.4 is 4.90 Å². The van der Waals surface area contributed by atoms with Crippen molar-refractivity contribution >= 4 is 17.3 Å². The molecule has 1 fully saturated rings. The van der Waals surface area contributed by atoms with Crippen molar-refractivity contribution in [1.29, 1.82) is 5.26 Å². The SMILES string of the molecule is N#Cc1ccc(N(CCO)C2CC2)cc1Cl. The molecule has 1 aromatic carbocycles. The van der Waals surface area contributed by atoms with Gasteiger partial charge in [0.15, 0.2) is 0 Å². The number of aliphatic hydroxyl groups is 1. The number of hydrogen-bond acceptors (Lipinski definition) is 3. The molecule has 0 amide bonds. The molecule has 0 aliphatic heterocycles. The predicted molar refractivity (Wildman–Crippen MR) is 63.6 cm³/mol. The quantitative estimate of drug-likeness (QED) is 0.872. The molecule has 0 unspecified atom stereocenters. The number of anilines is 1. The predicted octanol–water partition coefficient (Wildman–Crippen LogP) is 2.17. The van der Waals surface area contributed by atoms with Crippen molar-refractivity contribution in [3.8, 4) is 6.07 Å². The minimum atomic E-state index is 0.133. The van der Waals surface area contributed by atoms with Crippen molar-refractivity contribution in [3.63, 3.8) is 0 Å². The van der Waals surface area contributed by atoms with E-state index >= 15 is 0 Å². The van der Waals surface area contributed by atoms with E-state index in [1.807, 2.05) is 12.1 Å². The van der Waals surface area contributed by atoms with E-state index in [0.717, 1.165) is 18.5 Å². The Hall–Kier alpha value is -1.24. The highest BCUT2D eigenvalue weighted by molar-refractivity contribution is 6.32. The third kappa shape index (κ3) is 2.29. The Bertz CT molecular complexity index is 424. The molecule has 1 aliphatic rings. The maximum absolute atomic E-state index is 9.02. The van der Waals surface area contributed by atoms with Gasteiger partial charge < -0.3 is 10.0 Å². The zero-order chi connectivity index (χ0) is 11.5. The summed E-state index contributed by atoms with van der Waals surface area (Å²) in [6.07, 6.45) is 2.33. The Balaban J connectivity index is 2.24. The fourth-order valence-corrected chi connectivity index (χ4v) is 2.01. The van der Waals surface area contributed by atoms with Gasteiger partial charge in [-0.1, -0.05) is 11.6 Å². The molecule has 0 atom stereocenters. The highest BCUT2D eigenvalue weighted by Gasteiger charge is 2.28. The van der Waals surface area contributed by atoms with Crippen LogP contribution in [0.15, 0.2) is 18.2 Å². The Morgan fingerprint density at radius 3 is 2.75 bits per heavy atom. The van der Waals surface area contributed by atoms with E-state index in [1.54, 1.807) is 12.1 Å². The summed E-state index contributed by atoms with van der Waals surface area (Å²) in [5, 5.41) is 18.3. The molecule has 16 heavy (non-hydrogen) atoms. The van der Waals surface area contributed by atoms with E-state index in [-0.39, 0.29) is 6.61 Å². The van der Waals surface area contributed by atoms with E-state index < -0.39 is 0 Å². The number of rotatable bonds is 4. The number of benzene rings is 1. The minimum Gasteiger partial charge on any atom is -0.395 e. The molecule has 3 nitrogen and oxygen atoms in total. The van der Waals surface area contributed by atoms with E-state index in [0.29, 0.717) is 23.2 Å². The van der Waals surface area contributed by atoms with Crippen LogP contribution >= 0.6 is 11.6 Å². The van der Waals surface area contributed by atoms with Crippen LogP contribution in [0.25, 0.3) is 0 Å². The third-order valence-electron chi connectivity index (χ3n) is 2.73. The van der Waals surface area contributed by atoms with E-state index in [1.165, 1.54) is 0 Å². The summed E-state index contributed by atoms with van der Waals surface area (Å²) in [6.45, 7) is 0.751. The first kappa shape index (κ1) is 11.3. The van der Waals surface area contributed by atoms with Crippen molar-refractivity contribution in [2.24, 2.45) is 0 Å². The Morgan fingerprint density at radius 2 is 2.25 bits per heavy atom. The van der Waals surface area contributed by atoms with Gasteiger partial charge in [0.2, 0.25) is 0 Å². The van der Waals surface area contributed by atoms with Gasteiger partial charge in [-0.05, 0) is 31.0 Å². The largest absolute Gasteiger partial charge is 0.395 e. The van der Waals surface area contributed by atoms with Gasteiger partial charge in [0.05, 0.1) is 17.2 Å². The van der Waals surface area contributed by atoms with Crippen molar-refractivity contribution < 1.29 is 5.11 Å². The number of halogens is 1. The first-order valence-electron chi connectivity index (χ1n) is 5.33. The normalized spacial score (nSPS) is 14.6. The standard InChI is InChI=1S/C12H13ClN2O/c13-12-7-11(2-1-9(12)8-14)15(5-6-16)10-3-4-10/h1-2,7,10,16H,3-6H2. The maximum atomic E-state index is 9.02. The highest BCUT2D eigenvalue weighted by Crippen LogP contribution is 2.33. The average molecular weight is 237 g/mol. The van der Waals surface area contributed by atoms with Gasteiger partial charge in [-0.3, -0.25) is 0 Å². The van der Waals surface area contributed by atoms with Gasteiger partial charge in [0.25, 0.3) is 0 Å². The van der Waals surface area contributed by atoms with E-state index in [2.05, 4.69) is 4.90 Å². The lowest BCUT2D eigenvalue weighted by atomic mass is 10.2. The summed E-state index contributed by atoms with van der Waals surface area (Å²) >= 11 is 5.99. The Labute approximate surface area is 99.9 Å². The van der Waals surface area contributed by atoms with Crippen LogP contribution in [0.3, 0.4) is 0 Å². The Morgan fingerprint density at radius 1 is 1.50 bits per heavy atom. The summed E-state index contributed by atoms with van der Waals surface area (Å²) in [7, 11) is 0. The van der Waals surface area contributed by atoms with Crippen LogP contribution in [0.4, 0.5) is 5.69 Å². The van der Waals surface area contributed by atoms with Gasteiger partial charge in [0.1, 0.15) is 6.07 Å². The van der Waals surface area contributed by atoms with Crippen molar-refractivity contribution in [3.05, 3.63) is 28.8 Å². The number of nitrogens with zero attached hydrogens (tertiary/aromatic N) is 2. The van der Waals surface area contributed by atoms with Gasteiger partial charge in [-0.2, -0.15) is 5.26 Å². The molecule has 1 N–H and O–H groups in total. The molecule has 1 aromatic rings. The molecule has 0 aromatic heterocycles. The lowest BCUT2D eigenvalue weighted by Crippen LogP contribution is -2.28. The van der Waals surface area contributed by atoms with Crippen LogP contribution in [0.1, 0.15) is 18.4 Å². The van der Waals surface area contributed by atoms with Crippen molar-refractivity contribution in [2.75, 3.05) is 18.1 Å².